The van der Waals surface area contributed by atoms with Gasteiger partial charge >= 0.3 is 0 Å². The van der Waals surface area contributed by atoms with E-state index in [0.717, 1.165) is 17.2 Å². The molecule has 2 atom stereocenters. The third-order valence-electron chi connectivity index (χ3n) is 2.59. The largest absolute Gasteiger partial charge is 0.376 e. The summed E-state index contributed by atoms with van der Waals surface area (Å²) < 4.78 is 11.0. The maximum atomic E-state index is 5.62. The van der Waals surface area contributed by atoms with Gasteiger partial charge in [0.15, 0.2) is 0 Å². The van der Waals surface area contributed by atoms with Gasteiger partial charge in [0.1, 0.15) is 11.1 Å². The van der Waals surface area contributed by atoms with Crippen molar-refractivity contribution in [2.45, 2.75) is 26.0 Å². The van der Waals surface area contributed by atoms with Crippen molar-refractivity contribution in [1.29, 1.82) is 0 Å². The maximum Gasteiger partial charge on any atom is 0.132 e. The lowest BCUT2D eigenvalue weighted by atomic mass is 10.2. The molecule has 0 amide bonds. The first-order valence-corrected chi connectivity index (χ1v) is 6.57. The molecule has 1 N–H and O–H groups in total. The fraction of sp³-hybridized carbons (Fsp3) is 0.727. The first-order chi connectivity index (χ1) is 7.81. The van der Waals surface area contributed by atoms with E-state index in [9.17, 15) is 0 Å². The molecule has 5 heteroatoms. The molecule has 16 heavy (non-hydrogen) atoms. The van der Waals surface area contributed by atoms with E-state index in [1.807, 2.05) is 0 Å². The van der Waals surface area contributed by atoms with Crippen LogP contribution in [0.2, 0.25) is 0 Å². The van der Waals surface area contributed by atoms with Gasteiger partial charge in [0.25, 0.3) is 0 Å². The standard InChI is InChI=1S/C11H18N2O2S/c1-3-12-8(2)9-7-16-11(13-9)10-6-14-4-5-15-10/h7-8,10,12H,3-6H2,1-2H3. The zero-order chi connectivity index (χ0) is 11.4. The minimum Gasteiger partial charge on any atom is -0.376 e. The molecule has 2 heterocycles. The number of thiazole rings is 1. The van der Waals surface area contributed by atoms with Gasteiger partial charge in [-0.3, -0.25) is 0 Å². The molecule has 90 valence electrons. The molecule has 1 saturated heterocycles. The minimum absolute atomic E-state index is 0.0290. The molecular formula is C11H18N2O2S. The minimum atomic E-state index is 0.0290. The summed E-state index contributed by atoms with van der Waals surface area (Å²) in [7, 11) is 0. The van der Waals surface area contributed by atoms with Gasteiger partial charge in [0.05, 0.1) is 25.5 Å². The van der Waals surface area contributed by atoms with Gasteiger partial charge in [-0.2, -0.15) is 0 Å². The van der Waals surface area contributed by atoms with Crippen LogP contribution in [0, 0.1) is 0 Å². The molecule has 0 spiro atoms. The van der Waals surface area contributed by atoms with Gasteiger partial charge < -0.3 is 14.8 Å². The van der Waals surface area contributed by atoms with Gasteiger partial charge in [-0.1, -0.05) is 6.92 Å². The second kappa shape index (κ2) is 5.72. The number of ether oxygens (including phenoxy) is 2. The molecule has 1 fully saturated rings. The fourth-order valence-corrected chi connectivity index (χ4v) is 2.63. The highest BCUT2D eigenvalue weighted by atomic mass is 32.1. The summed E-state index contributed by atoms with van der Waals surface area (Å²) in [6, 6.07) is 0.305. The summed E-state index contributed by atoms with van der Waals surface area (Å²) >= 11 is 1.65. The smallest absolute Gasteiger partial charge is 0.132 e. The third-order valence-corrected chi connectivity index (χ3v) is 3.54. The molecule has 2 unspecified atom stereocenters. The van der Waals surface area contributed by atoms with Crippen LogP contribution in [0.15, 0.2) is 5.38 Å². The summed E-state index contributed by atoms with van der Waals surface area (Å²) in [6.45, 7) is 7.17. The molecule has 1 aromatic heterocycles. The summed E-state index contributed by atoms with van der Waals surface area (Å²) in [5, 5.41) is 6.48. The number of nitrogens with one attached hydrogen (secondary N) is 1. The van der Waals surface area contributed by atoms with Crippen molar-refractivity contribution in [2.75, 3.05) is 26.4 Å². The summed E-state index contributed by atoms with van der Waals surface area (Å²) in [6.07, 6.45) is 0.0290. The molecule has 1 aliphatic heterocycles. The number of rotatable bonds is 4. The lowest BCUT2D eigenvalue weighted by Gasteiger charge is -2.20. The van der Waals surface area contributed by atoms with Gasteiger partial charge in [0, 0.05) is 11.4 Å². The Balaban J connectivity index is 2.00. The van der Waals surface area contributed by atoms with E-state index < -0.39 is 0 Å². The molecule has 0 bridgehead atoms. The fourth-order valence-electron chi connectivity index (χ4n) is 1.69. The highest BCUT2D eigenvalue weighted by Crippen LogP contribution is 2.26. The molecular weight excluding hydrogens is 224 g/mol. The van der Waals surface area contributed by atoms with Crippen LogP contribution in [0.5, 0.6) is 0 Å². The number of nitrogens with zero attached hydrogens (tertiary/aromatic N) is 1. The SMILES string of the molecule is CCNC(C)c1csc(C2COCCO2)n1. The van der Waals surface area contributed by atoms with E-state index in [1.165, 1.54) is 0 Å². The Bertz CT molecular complexity index is 324. The lowest BCUT2D eigenvalue weighted by molar-refractivity contribution is -0.0902. The van der Waals surface area contributed by atoms with E-state index in [4.69, 9.17) is 9.47 Å². The normalized spacial score (nSPS) is 23.2. The van der Waals surface area contributed by atoms with E-state index in [0.29, 0.717) is 25.9 Å². The molecule has 4 nitrogen and oxygen atoms in total. The number of hydrogen-bond donors (Lipinski definition) is 1. The van der Waals surface area contributed by atoms with Crippen molar-refractivity contribution >= 4 is 11.3 Å². The molecule has 2 rings (SSSR count). The van der Waals surface area contributed by atoms with Crippen LogP contribution in [0.3, 0.4) is 0 Å². The highest BCUT2D eigenvalue weighted by Gasteiger charge is 2.20. The van der Waals surface area contributed by atoms with Crippen LogP contribution in [-0.2, 0) is 9.47 Å². The second-order valence-electron chi connectivity index (χ2n) is 3.82. The lowest BCUT2D eigenvalue weighted by Crippen LogP contribution is -2.22. The maximum absolute atomic E-state index is 5.62. The summed E-state index contributed by atoms with van der Waals surface area (Å²) in [5.74, 6) is 0. The van der Waals surface area contributed by atoms with Crippen LogP contribution in [0.4, 0.5) is 0 Å². The monoisotopic (exact) mass is 242 g/mol. The van der Waals surface area contributed by atoms with Crippen molar-refractivity contribution in [3.05, 3.63) is 16.1 Å². The average molecular weight is 242 g/mol. The Hall–Kier alpha value is -0.490. The molecule has 1 aliphatic rings. The predicted molar refractivity (Wildman–Crippen MR) is 63.7 cm³/mol. The zero-order valence-corrected chi connectivity index (χ0v) is 10.5. The van der Waals surface area contributed by atoms with E-state index in [2.05, 4.69) is 29.5 Å². The van der Waals surface area contributed by atoms with E-state index in [-0.39, 0.29) is 6.10 Å². The van der Waals surface area contributed by atoms with Gasteiger partial charge in [0.2, 0.25) is 0 Å². The van der Waals surface area contributed by atoms with Crippen molar-refractivity contribution in [1.82, 2.24) is 10.3 Å². The Morgan fingerprint density at radius 3 is 3.19 bits per heavy atom. The van der Waals surface area contributed by atoms with Crippen molar-refractivity contribution in [3.8, 4) is 0 Å². The Kier molecular flexibility index (Phi) is 4.29. The summed E-state index contributed by atoms with van der Waals surface area (Å²) in [4.78, 5) is 4.60. The molecule has 1 aromatic rings. The van der Waals surface area contributed by atoms with Crippen molar-refractivity contribution in [2.24, 2.45) is 0 Å². The zero-order valence-electron chi connectivity index (χ0n) is 9.73. The molecule has 0 aromatic carbocycles. The van der Waals surface area contributed by atoms with Crippen LogP contribution in [-0.4, -0.2) is 31.3 Å². The van der Waals surface area contributed by atoms with Crippen LogP contribution in [0.1, 0.15) is 36.7 Å². The Labute approximate surface area is 100.0 Å². The van der Waals surface area contributed by atoms with E-state index in [1.54, 1.807) is 11.3 Å². The van der Waals surface area contributed by atoms with Gasteiger partial charge in [-0.25, -0.2) is 4.98 Å². The van der Waals surface area contributed by atoms with Gasteiger partial charge in [-0.05, 0) is 13.5 Å². The predicted octanol–water partition coefficient (Wildman–Crippen LogP) is 1.90. The van der Waals surface area contributed by atoms with Crippen LogP contribution < -0.4 is 5.32 Å². The molecule has 0 aliphatic carbocycles. The second-order valence-corrected chi connectivity index (χ2v) is 4.71. The first kappa shape index (κ1) is 12.0. The summed E-state index contributed by atoms with van der Waals surface area (Å²) in [5.41, 5.74) is 1.09. The number of hydrogen-bond acceptors (Lipinski definition) is 5. The number of aromatic nitrogens is 1. The molecule has 0 radical (unpaired) electrons. The van der Waals surface area contributed by atoms with Crippen LogP contribution in [0.25, 0.3) is 0 Å². The van der Waals surface area contributed by atoms with Gasteiger partial charge in [-0.15, -0.1) is 11.3 Å². The Morgan fingerprint density at radius 2 is 2.50 bits per heavy atom. The highest BCUT2D eigenvalue weighted by molar-refractivity contribution is 7.09. The topological polar surface area (TPSA) is 43.4 Å². The average Bonchev–Trinajstić information content (AvgIpc) is 2.80. The third kappa shape index (κ3) is 2.79. The van der Waals surface area contributed by atoms with Crippen molar-refractivity contribution < 1.29 is 9.47 Å². The first-order valence-electron chi connectivity index (χ1n) is 5.69. The molecule has 0 saturated carbocycles. The van der Waals surface area contributed by atoms with Crippen molar-refractivity contribution in [3.63, 3.8) is 0 Å². The Morgan fingerprint density at radius 1 is 1.62 bits per heavy atom. The quantitative estimate of drug-likeness (QED) is 0.876. The van der Waals surface area contributed by atoms with E-state index >= 15 is 0 Å². The van der Waals surface area contributed by atoms with Crippen LogP contribution >= 0.6 is 11.3 Å².